The third kappa shape index (κ3) is 2.94. The fraction of sp³-hybridized carbons (Fsp3) is 0.500. The maximum atomic E-state index is 11.3. The van der Waals surface area contributed by atoms with Crippen LogP contribution in [0.2, 0.25) is 0 Å². The van der Waals surface area contributed by atoms with E-state index < -0.39 is 0 Å². The Morgan fingerprint density at radius 1 is 1.53 bits per heavy atom. The van der Waals surface area contributed by atoms with E-state index in [4.69, 9.17) is 5.73 Å². The van der Waals surface area contributed by atoms with Gasteiger partial charge in [-0.3, -0.25) is 4.79 Å². The molecule has 1 aliphatic heterocycles. The van der Waals surface area contributed by atoms with Crippen LogP contribution in [0.4, 0.5) is 5.82 Å². The van der Waals surface area contributed by atoms with Crippen LogP contribution in [-0.2, 0) is 4.79 Å². The highest BCUT2D eigenvalue weighted by Crippen LogP contribution is 2.17. The van der Waals surface area contributed by atoms with E-state index in [-0.39, 0.29) is 11.9 Å². The van der Waals surface area contributed by atoms with Crippen LogP contribution in [-0.4, -0.2) is 30.5 Å². The number of nitrogens with one attached hydrogen (secondary N) is 1. The number of hydrogen-bond acceptors (Lipinski definition) is 4. The largest absolute Gasteiger partial charge is 0.354 e. The number of aromatic nitrogens is 1. The summed E-state index contributed by atoms with van der Waals surface area (Å²) in [4.78, 5) is 17.7. The minimum atomic E-state index is 0.00323. The number of carbonyl (C=O) groups is 1. The fourth-order valence-corrected chi connectivity index (χ4v) is 1.89. The zero-order chi connectivity index (χ0) is 12.3. The van der Waals surface area contributed by atoms with Gasteiger partial charge in [-0.2, -0.15) is 0 Å². The first-order chi connectivity index (χ1) is 8.16. The van der Waals surface area contributed by atoms with Gasteiger partial charge in [0.1, 0.15) is 5.82 Å². The molecule has 0 bridgehead atoms. The van der Waals surface area contributed by atoms with Crippen molar-refractivity contribution in [1.29, 1.82) is 0 Å². The molecule has 17 heavy (non-hydrogen) atoms. The van der Waals surface area contributed by atoms with Gasteiger partial charge >= 0.3 is 0 Å². The van der Waals surface area contributed by atoms with Gasteiger partial charge in [-0.1, -0.05) is 0 Å². The molecule has 0 saturated carbocycles. The van der Waals surface area contributed by atoms with E-state index in [2.05, 4.69) is 15.2 Å². The molecule has 1 fully saturated rings. The standard InChI is InChI=1S/C12H18N4O/c1-9(13)10-2-4-14-11(8-10)16-6-3-12(17)15-5-7-16/h2,4,8-9H,3,5-7,13H2,1H3,(H,15,17)/t9-/m0/s1. The van der Waals surface area contributed by atoms with Gasteiger partial charge in [0.05, 0.1) is 0 Å². The summed E-state index contributed by atoms with van der Waals surface area (Å²) >= 11 is 0. The maximum Gasteiger partial charge on any atom is 0.221 e. The van der Waals surface area contributed by atoms with E-state index in [1.54, 1.807) is 6.20 Å². The number of nitrogens with two attached hydrogens (primary N) is 1. The van der Waals surface area contributed by atoms with Crippen LogP contribution in [0.25, 0.3) is 0 Å². The first-order valence-electron chi connectivity index (χ1n) is 5.90. The van der Waals surface area contributed by atoms with Crippen LogP contribution in [0.1, 0.15) is 24.9 Å². The van der Waals surface area contributed by atoms with Crippen LogP contribution < -0.4 is 16.0 Å². The lowest BCUT2D eigenvalue weighted by Gasteiger charge is -2.21. The summed E-state index contributed by atoms with van der Waals surface area (Å²) in [6.45, 7) is 4.12. The zero-order valence-corrected chi connectivity index (χ0v) is 10.0. The second-order valence-corrected chi connectivity index (χ2v) is 4.32. The molecule has 5 heteroatoms. The van der Waals surface area contributed by atoms with E-state index >= 15 is 0 Å². The number of anilines is 1. The number of amides is 1. The van der Waals surface area contributed by atoms with E-state index in [9.17, 15) is 4.79 Å². The molecule has 1 amide bonds. The van der Waals surface area contributed by atoms with Crippen molar-refractivity contribution in [3.8, 4) is 0 Å². The molecule has 1 aromatic heterocycles. The van der Waals surface area contributed by atoms with E-state index in [0.717, 1.165) is 17.9 Å². The Bertz CT molecular complexity index is 405. The summed E-state index contributed by atoms with van der Waals surface area (Å²) in [5.74, 6) is 1.01. The second-order valence-electron chi connectivity index (χ2n) is 4.32. The molecule has 0 aromatic carbocycles. The lowest BCUT2D eigenvalue weighted by Crippen LogP contribution is -2.29. The van der Waals surface area contributed by atoms with Crippen LogP contribution in [0.3, 0.4) is 0 Å². The Balaban J connectivity index is 2.15. The Kier molecular flexibility index (Phi) is 3.58. The summed E-state index contributed by atoms with van der Waals surface area (Å²) in [5, 5.41) is 2.85. The van der Waals surface area contributed by atoms with E-state index in [1.165, 1.54) is 0 Å². The van der Waals surface area contributed by atoms with Crippen molar-refractivity contribution >= 4 is 11.7 Å². The molecule has 0 radical (unpaired) electrons. The van der Waals surface area contributed by atoms with Crippen LogP contribution in [0.5, 0.6) is 0 Å². The van der Waals surface area contributed by atoms with Crippen molar-refractivity contribution in [3.05, 3.63) is 23.9 Å². The molecular weight excluding hydrogens is 216 g/mol. The van der Waals surface area contributed by atoms with Crippen molar-refractivity contribution in [1.82, 2.24) is 10.3 Å². The molecule has 1 aromatic rings. The molecule has 2 rings (SSSR count). The van der Waals surface area contributed by atoms with Gasteiger partial charge in [-0.05, 0) is 24.6 Å². The van der Waals surface area contributed by atoms with Gasteiger partial charge in [0.15, 0.2) is 0 Å². The Morgan fingerprint density at radius 3 is 3.12 bits per heavy atom. The lowest BCUT2D eigenvalue weighted by atomic mass is 10.1. The van der Waals surface area contributed by atoms with Crippen LogP contribution >= 0.6 is 0 Å². The molecule has 0 aliphatic carbocycles. The summed E-state index contributed by atoms with van der Waals surface area (Å²) in [7, 11) is 0. The molecule has 5 nitrogen and oxygen atoms in total. The fourth-order valence-electron chi connectivity index (χ4n) is 1.89. The number of carbonyl (C=O) groups excluding carboxylic acids is 1. The molecule has 0 unspecified atom stereocenters. The summed E-state index contributed by atoms with van der Waals surface area (Å²) < 4.78 is 0. The average molecular weight is 234 g/mol. The van der Waals surface area contributed by atoms with Crippen molar-refractivity contribution in [2.45, 2.75) is 19.4 Å². The molecule has 3 N–H and O–H groups in total. The van der Waals surface area contributed by atoms with Crippen LogP contribution in [0.15, 0.2) is 18.3 Å². The summed E-state index contributed by atoms with van der Waals surface area (Å²) in [6.07, 6.45) is 2.29. The van der Waals surface area contributed by atoms with Crippen molar-refractivity contribution in [3.63, 3.8) is 0 Å². The van der Waals surface area contributed by atoms with Gasteiger partial charge in [0, 0.05) is 38.3 Å². The monoisotopic (exact) mass is 234 g/mol. The van der Waals surface area contributed by atoms with Crippen LogP contribution in [0, 0.1) is 0 Å². The highest BCUT2D eigenvalue weighted by molar-refractivity contribution is 5.77. The summed E-state index contributed by atoms with van der Waals surface area (Å²) in [6, 6.07) is 3.93. The minimum Gasteiger partial charge on any atom is -0.354 e. The topological polar surface area (TPSA) is 71.2 Å². The van der Waals surface area contributed by atoms with Crippen molar-refractivity contribution in [2.75, 3.05) is 24.5 Å². The number of nitrogens with zero attached hydrogens (tertiary/aromatic N) is 2. The summed E-state index contributed by atoms with van der Waals surface area (Å²) in [5.41, 5.74) is 6.92. The molecule has 2 heterocycles. The molecule has 1 saturated heterocycles. The third-order valence-electron chi connectivity index (χ3n) is 2.93. The number of rotatable bonds is 2. The number of hydrogen-bond donors (Lipinski definition) is 2. The minimum absolute atomic E-state index is 0.00323. The van der Waals surface area contributed by atoms with E-state index in [0.29, 0.717) is 19.5 Å². The molecule has 0 spiro atoms. The van der Waals surface area contributed by atoms with Gasteiger partial charge in [-0.25, -0.2) is 4.98 Å². The molecule has 1 aliphatic rings. The molecule has 1 atom stereocenters. The van der Waals surface area contributed by atoms with Gasteiger partial charge in [-0.15, -0.1) is 0 Å². The molecule has 92 valence electrons. The lowest BCUT2D eigenvalue weighted by molar-refractivity contribution is -0.120. The first kappa shape index (κ1) is 11.9. The Hall–Kier alpha value is -1.62. The van der Waals surface area contributed by atoms with Gasteiger partial charge < -0.3 is 16.0 Å². The zero-order valence-electron chi connectivity index (χ0n) is 10.0. The predicted octanol–water partition coefficient (Wildman–Crippen LogP) is 0.428. The first-order valence-corrected chi connectivity index (χ1v) is 5.90. The Morgan fingerprint density at radius 2 is 2.35 bits per heavy atom. The Labute approximate surface area is 101 Å². The predicted molar refractivity (Wildman–Crippen MR) is 66.7 cm³/mol. The van der Waals surface area contributed by atoms with E-state index in [1.807, 2.05) is 19.1 Å². The SMILES string of the molecule is C[C@H](N)c1ccnc(N2CCNC(=O)CC2)c1. The van der Waals surface area contributed by atoms with Crippen molar-refractivity contribution < 1.29 is 4.79 Å². The highest BCUT2D eigenvalue weighted by Gasteiger charge is 2.15. The highest BCUT2D eigenvalue weighted by atomic mass is 16.1. The smallest absolute Gasteiger partial charge is 0.221 e. The number of pyridine rings is 1. The van der Waals surface area contributed by atoms with Crippen molar-refractivity contribution in [2.24, 2.45) is 5.73 Å². The molecular formula is C12H18N4O. The third-order valence-corrected chi connectivity index (χ3v) is 2.93. The average Bonchev–Trinajstić information content (AvgIpc) is 2.54. The maximum absolute atomic E-state index is 11.3. The quantitative estimate of drug-likeness (QED) is 0.778. The van der Waals surface area contributed by atoms with Gasteiger partial charge in [0.25, 0.3) is 0 Å². The second kappa shape index (κ2) is 5.14. The normalized spacial score (nSPS) is 18.5. The van der Waals surface area contributed by atoms with Gasteiger partial charge in [0.2, 0.25) is 5.91 Å².